The molecule has 0 spiro atoms. The Kier molecular flexibility index (Phi) is 14.7. The van der Waals surface area contributed by atoms with E-state index in [9.17, 15) is 0 Å². The molecule has 4 heteroatoms. The summed E-state index contributed by atoms with van der Waals surface area (Å²) in [5, 5.41) is 3.03. The quantitative estimate of drug-likeness (QED) is 0.431. The van der Waals surface area contributed by atoms with Crippen molar-refractivity contribution in [3.8, 4) is 0 Å². The predicted octanol–water partition coefficient (Wildman–Crippen LogP) is -1.51. The van der Waals surface area contributed by atoms with E-state index in [4.69, 9.17) is 11.5 Å². The third kappa shape index (κ3) is 9.68. The van der Waals surface area contributed by atoms with E-state index in [1.54, 1.807) is 0 Å². The zero-order valence-electron chi connectivity index (χ0n) is 4.93. The molecule has 0 amide bonds. The van der Waals surface area contributed by atoms with Crippen LogP contribution in [0.3, 0.4) is 0 Å². The zero-order chi connectivity index (χ0) is 5.54. The molecule has 8 heavy (non-hydrogen) atoms. The van der Waals surface area contributed by atoms with Gasteiger partial charge in [-0.3, -0.25) is 0 Å². The average Bonchev–Trinajstić information content (AvgIpc) is 1.69. The van der Waals surface area contributed by atoms with Crippen molar-refractivity contribution in [1.29, 1.82) is 0 Å². The first-order valence-electron chi connectivity index (χ1n) is 2.52. The molecule has 0 heterocycles. The SMILES string of the molecule is NCCNCCN.[V]. The summed E-state index contributed by atoms with van der Waals surface area (Å²) in [7, 11) is 0. The van der Waals surface area contributed by atoms with Gasteiger partial charge in [0.2, 0.25) is 0 Å². The minimum atomic E-state index is 0. The van der Waals surface area contributed by atoms with Crippen molar-refractivity contribution in [1.82, 2.24) is 5.32 Å². The molecule has 0 bridgehead atoms. The first-order valence-corrected chi connectivity index (χ1v) is 2.52. The summed E-state index contributed by atoms with van der Waals surface area (Å²) < 4.78 is 0. The topological polar surface area (TPSA) is 64.1 Å². The second-order valence-electron chi connectivity index (χ2n) is 1.33. The van der Waals surface area contributed by atoms with Crippen LogP contribution in [0.1, 0.15) is 0 Å². The average molecular weight is 154 g/mol. The maximum absolute atomic E-state index is 5.17. The van der Waals surface area contributed by atoms with E-state index in [0.29, 0.717) is 13.1 Å². The fourth-order valence-electron chi connectivity index (χ4n) is 0.329. The molecule has 0 aliphatic heterocycles. The fraction of sp³-hybridized carbons (Fsp3) is 1.00. The molecular weight excluding hydrogens is 141 g/mol. The van der Waals surface area contributed by atoms with E-state index < -0.39 is 0 Å². The Morgan fingerprint density at radius 3 is 1.62 bits per heavy atom. The van der Waals surface area contributed by atoms with E-state index in [-0.39, 0.29) is 18.6 Å². The minimum absolute atomic E-state index is 0. The van der Waals surface area contributed by atoms with E-state index in [2.05, 4.69) is 5.32 Å². The number of hydrogen-bond donors (Lipinski definition) is 3. The van der Waals surface area contributed by atoms with Crippen molar-refractivity contribution < 1.29 is 18.6 Å². The molecule has 0 atom stereocenters. The minimum Gasteiger partial charge on any atom is -0.329 e. The smallest absolute Gasteiger partial charge is 0.00750 e. The molecule has 0 saturated heterocycles. The summed E-state index contributed by atoms with van der Waals surface area (Å²) in [5.74, 6) is 0. The molecule has 0 aliphatic carbocycles. The van der Waals surface area contributed by atoms with Gasteiger partial charge in [0.05, 0.1) is 0 Å². The first-order chi connectivity index (χ1) is 3.41. The van der Waals surface area contributed by atoms with Crippen molar-refractivity contribution in [2.24, 2.45) is 11.5 Å². The van der Waals surface area contributed by atoms with Crippen LogP contribution in [0.4, 0.5) is 0 Å². The molecule has 0 aromatic carbocycles. The second-order valence-corrected chi connectivity index (χ2v) is 1.33. The molecule has 0 aromatic heterocycles. The van der Waals surface area contributed by atoms with E-state index in [1.165, 1.54) is 0 Å². The Morgan fingerprint density at radius 1 is 1.00 bits per heavy atom. The maximum Gasteiger partial charge on any atom is 0.00750 e. The Labute approximate surface area is 62.1 Å². The second kappa shape index (κ2) is 10.4. The predicted molar refractivity (Wildman–Crippen MR) is 31.0 cm³/mol. The summed E-state index contributed by atoms with van der Waals surface area (Å²) in [6.45, 7) is 3.13. The molecular formula is C4H13N3V. The zero-order valence-corrected chi connectivity index (χ0v) is 6.33. The van der Waals surface area contributed by atoms with Gasteiger partial charge in [-0.05, 0) is 0 Å². The van der Waals surface area contributed by atoms with Crippen LogP contribution in [-0.4, -0.2) is 26.2 Å². The summed E-state index contributed by atoms with van der Waals surface area (Å²) in [6.07, 6.45) is 0. The van der Waals surface area contributed by atoms with Gasteiger partial charge in [-0.25, -0.2) is 0 Å². The first kappa shape index (κ1) is 11.3. The Balaban J connectivity index is 0. The van der Waals surface area contributed by atoms with E-state index >= 15 is 0 Å². The molecule has 0 rings (SSSR count). The van der Waals surface area contributed by atoms with E-state index in [0.717, 1.165) is 13.1 Å². The van der Waals surface area contributed by atoms with Gasteiger partial charge in [0, 0.05) is 44.7 Å². The van der Waals surface area contributed by atoms with Gasteiger partial charge < -0.3 is 16.8 Å². The van der Waals surface area contributed by atoms with Crippen LogP contribution in [0.25, 0.3) is 0 Å². The molecule has 0 aromatic rings. The van der Waals surface area contributed by atoms with Gasteiger partial charge in [-0.2, -0.15) is 0 Å². The fourth-order valence-corrected chi connectivity index (χ4v) is 0.329. The summed E-state index contributed by atoms with van der Waals surface area (Å²) in [4.78, 5) is 0. The van der Waals surface area contributed by atoms with Crippen LogP contribution < -0.4 is 16.8 Å². The van der Waals surface area contributed by atoms with Crippen molar-refractivity contribution in [3.05, 3.63) is 0 Å². The molecule has 3 nitrogen and oxygen atoms in total. The van der Waals surface area contributed by atoms with Crippen molar-refractivity contribution >= 4 is 0 Å². The number of nitrogens with one attached hydrogen (secondary N) is 1. The van der Waals surface area contributed by atoms with Crippen molar-refractivity contribution in [2.75, 3.05) is 26.2 Å². The van der Waals surface area contributed by atoms with Crippen LogP contribution in [0, 0.1) is 0 Å². The molecule has 5 N–H and O–H groups in total. The molecule has 0 unspecified atom stereocenters. The normalized spacial score (nSPS) is 8.25. The van der Waals surface area contributed by atoms with Gasteiger partial charge in [-0.15, -0.1) is 0 Å². The summed E-state index contributed by atoms with van der Waals surface area (Å²) in [6, 6.07) is 0. The Hall–Kier alpha value is 0.464. The molecule has 0 aliphatic rings. The third-order valence-corrected chi connectivity index (χ3v) is 0.642. The van der Waals surface area contributed by atoms with Gasteiger partial charge in [0.25, 0.3) is 0 Å². The van der Waals surface area contributed by atoms with E-state index in [1.807, 2.05) is 0 Å². The third-order valence-electron chi connectivity index (χ3n) is 0.642. The van der Waals surface area contributed by atoms with Gasteiger partial charge >= 0.3 is 0 Å². The number of rotatable bonds is 4. The monoisotopic (exact) mass is 154 g/mol. The largest absolute Gasteiger partial charge is 0.329 e. The summed E-state index contributed by atoms with van der Waals surface area (Å²) >= 11 is 0. The number of hydrogen-bond acceptors (Lipinski definition) is 3. The number of nitrogens with two attached hydrogens (primary N) is 2. The maximum atomic E-state index is 5.17. The van der Waals surface area contributed by atoms with Crippen LogP contribution >= 0.6 is 0 Å². The summed E-state index contributed by atoms with van der Waals surface area (Å²) in [5.41, 5.74) is 10.3. The Morgan fingerprint density at radius 2 is 1.38 bits per heavy atom. The molecule has 1 radical (unpaired) electrons. The standard InChI is InChI=1S/C4H13N3.V/c5-1-3-7-4-2-6;/h7H,1-6H2;. The van der Waals surface area contributed by atoms with Crippen LogP contribution in [0.5, 0.6) is 0 Å². The van der Waals surface area contributed by atoms with Crippen molar-refractivity contribution in [2.45, 2.75) is 0 Å². The molecule has 49 valence electrons. The van der Waals surface area contributed by atoms with Crippen LogP contribution in [-0.2, 0) is 18.6 Å². The molecule has 0 fully saturated rings. The van der Waals surface area contributed by atoms with Gasteiger partial charge in [0.1, 0.15) is 0 Å². The van der Waals surface area contributed by atoms with Gasteiger partial charge in [0.15, 0.2) is 0 Å². The van der Waals surface area contributed by atoms with Gasteiger partial charge in [-0.1, -0.05) is 0 Å². The van der Waals surface area contributed by atoms with Crippen LogP contribution in [0.15, 0.2) is 0 Å². The van der Waals surface area contributed by atoms with Crippen LogP contribution in [0.2, 0.25) is 0 Å². The molecule has 0 saturated carbocycles. The Bertz CT molecular complexity index is 30.5. The van der Waals surface area contributed by atoms with Crippen molar-refractivity contribution in [3.63, 3.8) is 0 Å².